The highest BCUT2D eigenvalue weighted by Crippen LogP contribution is 2.25. The van der Waals surface area contributed by atoms with Gasteiger partial charge in [0, 0.05) is 17.5 Å². The number of hydrogen-bond donors (Lipinski definition) is 3. The van der Waals surface area contributed by atoms with Crippen molar-refractivity contribution in [2.45, 2.75) is 13.5 Å². The van der Waals surface area contributed by atoms with Crippen LogP contribution in [0.15, 0.2) is 48.5 Å². The summed E-state index contributed by atoms with van der Waals surface area (Å²) in [6, 6.07) is 17.2. The molecule has 0 radical (unpaired) electrons. The summed E-state index contributed by atoms with van der Waals surface area (Å²) in [5, 5.41) is 21.8. The van der Waals surface area contributed by atoms with Crippen molar-refractivity contribution in [1.29, 1.82) is 5.26 Å². The zero-order valence-corrected chi connectivity index (χ0v) is 15.9. The van der Waals surface area contributed by atoms with E-state index in [2.05, 4.69) is 21.6 Å². The van der Waals surface area contributed by atoms with Gasteiger partial charge in [0.15, 0.2) is 5.82 Å². The molecule has 4 N–H and O–H groups in total. The Morgan fingerprint density at radius 1 is 1.21 bits per heavy atom. The maximum absolute atomic E-state index is 12.8. The van der Waals surface area contributed by atoms with Gasteiger partial charge in [0.1, 0.15) is 0 Å². The van der Waals surface area contributed by atoms with Crippen molar-refractivity contribution in [3.8, 4) is 6.07 Å². The molecule has 0 atom stereocenters. The molecule has 4 aromatic rings. The number of nitrogens with one attached hydrogen (secondary N) is 2. The van der Waals surface area contributed by atoms with E-state index < -0.39 is 0 Å². The molecular weight excluding hydrogens is 374 g/mol. The molecule has 0 aliphatic heterocycles. The number of amides is 1. The minimum atomic E-state index is -0.251. The Morgan fingerprint density at radius 3 is 2.79 bits per heavy atom. The summed E-state index contributed by atoms with van der Waals surface area (Å²) in [5.74, 6) is 0.189. The van der Waals surface area contributed by atoms with Gasteiger partial charge < -0.3 is 11.1 Å². The van der Waals surface area contributed by atoms with Crippen molar-refractivity contribution in [1.82, 2.24) is 10.2 Å². The molecule has 7 heteroatoms. The zero-order chi connectivity index (χ0) is 19.0. The standard InChI is InChI=1S/C21H17N5O.ClH/c1-12-7-18-19(9-16(12)11-23)25-26-20(18)24-21(27)14-6-5-13-3-2-4-15(10-22)17(13)8-14;/h2-9H,10,22H2,1H3,(H2,24,25,26,27);1H. The number of H-pyrrole nitrogens is 1. The van der Waals surface area contributed by atoms with Gasteiger partial charge in [0.05, 0.1) is 17.1 Å². The smallest absolute Gasteiger partial charge is 0.256 e. The third kappa shape index (κ3) is 3.29. The zero-order valence-electron chi connectivity index (χ0n) is 15.1. The molecule has 0 bridgehead atoms. The number of fused-ring (bicyclic) bond motifs is 2. The summed E-state index contributed by atoms with van der Waals surface area (Å²) in [5.41, 5.74) is 9.45. The van der Waals surface area contributed by atoms with Gasteiger partial charge in [-0.1, -0.05) is 24.3 Å². The minimum absolute atomic E-state index is 0. The normalized spacial score (nSPS) is 10.5. The van der Waals surface area contributed by atoms with Crippen LogP contribution in [0.1, 0.15) is 27.0 Å². The molecule has 140 valence electrons. The average Bonchev–Trinajstić information content (AvgIpc) is 3.07. The van der Waals surface area contributed by atoms with Crippen molar-refractivity contribution >= 4 is 45.8 Å². The Kier molecular flexibility index (Phi) is 5.32. The number of carbonyl (C=O) groups excluding carboxylic acids is 1. The van der Waals surface area contributed by atoms with E-state index in [0.717, 1.165) is 27.3 Å². The number of anilines is 1. The number of aromatic nitrogens is 2. The Morgan fingerprint density at radius 2 is 2.04 bits per heavy atom. The first kappa shape index (κ1) is 19.4. The lowest BCUT2D eigenvalue weighted by Crippen LogP contribution is -2.12. The van der Waals surface area contributed by atoms with Crippen molar-refractivity contribution in [2.75, 3.05) is 5.32 Å². The topological polar surface area (TPSA) is 108 Å². The number of aryl methyl sites for hydroxylation is 1. The van der Waals surface area contributed by atoms with Crippen LogP contribution in [0.2, 0.25) is 0 Å². The summed E-state index contributed by atoms with van der Waals surface area (Å²) in [6.45, 7) is 2.27. The first-order valence-electron chi connectivity index (χ1n) is 8.52. The third-order valence-electron chi connectivity index (χ3n) is 4.71. The largest absolute Gasteiger partial charge is 0.326 e. The molecule has 6 nitrogen and oxygen atoms in total. The van der Waals surface area contributed by atoms with E-state index in [1.54, 1.807) is 12.1 Å². The highest BCUT2D eigenvalue weighted by Gasteiger charge is 2.14. The molecule has 0 saturated carbocycles. The fourth-order valence-corrected chi connectivity index (χ4v) is 3.22. The van der Waals surface area contributed by atoms with Gasteiger partial charge in [-0.2, -0.15) is 10.4 Å². The summed E-state index contributed by atoms with van der Waals surface area (Å²) < 4.78 is 0. The fourth-order valence-electron chi connectivity index (χ4n) is 3.22. The number of halogens is 1. The van der Waals surface area contributed by atoms with Gasteiger partial charge >= 0.3 is 0 Å². The number of benzene rings is 3. The van der Waals surface area contributed by atoms with E-state index in [1.165, 1.54) is 0 Å². The molecule has 1 aromatic heterocycles. The van der Waals surface area contributed by atoms with Crippen LogP contribution in [0.5, 0.6) is 0 Å². The SMILES string of the molecule is Cc1cc2c(NC(=O)c3ccc4cccc(CN)c4c3)n[nH]c2cc1C#N.Cl. The number of nitrogens with two attached hydrogens (primary N) is 1. The van der Waals surface area contributed by atoms with E-state index in [4.69, 9.17) is 11.0 Å². The van der Waals surface area contributed by atoms with Gasteiger partial charge in [-0.3, -0.25) is 9.89 Å². The highest BCUT2D eigenvalue weighted by molar-refractivity contribution is 6.09. The Labute approximate surface area is 167 Å². The van der Waals surface area contributed by atoms with Crippen LogP contribution >= 0.6 is 12.4 Å². The van der Waals surface area contributed by atoms with E-state index in [1.807, 2.05) is 43.3 Å². The van der Waals surface area contributed by atoms with Crippen LogP contribution in [0.4, 0.5) is 5.82 Å². The van der Waals surface area contributed by atoms with E-state index in [9.17, 15) is 4.79 Å². The first-order valence-corrected chi connectivity index (χ1v) is 8.52. The van der Waals surface area contributed by atoms with Crippen LogP contribution in [0.25, 0.3) is 21.7 Å². The average molecular weight is 392 g/mol. The Balaban J connectivity index is 0.00000225. The number of aromatic amines is 1. The van der Waals surface area contributed by atoms with E-state index in [-0.39, 0.29) is 18.3 Å². The second-order valence-electron chi connectivity index (χ2n) is 6.41. The van der Waals surface area contributed by atoms with E-state index >= 15 is 0 Å². The van der Waals surface area contributed by atoms with Gasteiger partial charge in [-0.25, -0.2) is 0 Å². The predicted octanol–water partition coefficient (Wildman–Crippen LogP) is 4.03. The number of nitriles is 1. The molecule has 28 heavy (non-hydrogen) atoms. The number of carbonyl (C=O) groups is 1. The minimum Gasteiger partial charge on any atom is -0.326 e. The predicted molar refractivity (Wildman–Crippen MR) is 113 cm³/mol. The molecule has 0 spiro atoms. The van der Waals surface area contributed by atoms with Crippen molar-refractivity contribution in [3.63, 3.8) is 0 Å². The molecule has 0 aliphatic rings. The van der Waals surface area contributed by atoms with Gasteiger partial charge in [-0.05, 0) is 53.1 Å². The quantitative estimate of drug-likeness (QED) is 0.490. The van der Waals surface area contributed by atoms with Crippen LogP contribution in [-0.2, 0) is 6.54 Å². The van der Waals surface area contributed by atoms with Crippen LogP contribution in [-0.4, -0.2) is 16.1 Å². The Hall–Kier alpha value is -3.40. The van der Waals surface area contributed by atoms with Crippen molar-refractivity contribution in [3.05, 3.63) is 70.8 Å². The van der Waals surface area contributed by atoms with Crippen molar-refractivity contribution < 1.29 is 4.79 Å². The molecule has 3 aromatic carbocycles. The summed E-state index contributed by atoms with van der Waals surface area (Å²) >= 11 is 0. The van der Waals surface area contributed by atoms with E-state index in [0.29, 0.717) is 29.0 Å². The molecule has 4 rings (SSSR count). The lowest BCUT2D eigenvalue weighted by molar-refractivity contribution is 0.102. The number of rotatable bonds is 3. The monoisotopic (exact) mass is 391 g/mol. The molecule has 0 fully saturated rings. The van der Waals surface area contributed by atoms with Gasteiger partial charge in [0.2, 0.25) is 0 Å². The summed E-state index contributed by atoms with van der Waals surface area (Å²) in [7, 11) is 0. The number of hydrogen-bond acceptors (Lipinski definition) is 4. The van der Waals surface area contributed by atoms with Gasteiger partial charge in [0.25, 0.3) is 5.91 Å². The fraction of sp³-hybridized carbons (Fsp3) is 0.0952. The molecule has 0 saturated heterocycles. The second-order valence-corrected chi connectivity index (χ2v) is 6.41. The van der Waals surface area contributed by atoms with Crippen LogP contribution in [0, 0.1) is 18.3 Å². The summed E-state index contributed by atoms with van der Waals surface area (Å²) in [4.78, 5) is 12.8. The molecule has 0 aliphatic carbocycles. The van der Waals surface area contributed by atoms with Crippen molar-refractivity contribution in [2.24, 2.45) is 5.73 Å². The van der Waals surface area contributed by atoms with Crippen LogP contribution in [0.3, 0.4) is 0 Å². The Bertz CT molecular complexity index is 1240. The van der Waals surface area contributed by atoms with Gasteiger partial charge in [-0.15, -0.1) is 12.4 Å². The maximum atomic E-state index is 12.8. The highest BCUT2D eigenvalue weighted by atomic mass is 35.5. The molecular formula is C21H18ClN5O. The third-order valence-corrected chi connectivity index (χ3v) is 4.71. The molecule has 1 amide bonds. The first-order chi connectivity index (χ1) is 13.1. The molecule has 0 unspecified atom stereocenters. The van der Waals surface area contributed by atoms with Crippen LogP contribution < -0.4 is 11.1 Å². The summed E-state index contributed by atoms with van der Waals surface area (Å²) in [6.07, 6.45) is 0. The lowest BCUT2D eigenvalue weighted by atomic mass is 10.0. The maximum Gasteiger partial charge on any atom is 0.256 e. The lowest BCUT2D eigenvalue weighted by Gasteiger charge is -2.08. The number of nitrogens with zero attached hydrogens (tertiary/aromatic N) is 2. The molecule has 1 heterocycles. The second kappa shape index (κ2) is 7.69.